The van der Waals surface area contributed by atoms with Gasteiger partial charge in [0.1, 0.15) is 19.0 Å². The zero-order valence-electron chi connectivity index (χ0n) is 23.0. The fraction of sp³-hybridized carbons (Fsp3) is 0.143. The molecule has 41 heavy (non-hydrogen) atoms. The van der Waals surface area contributed by atoms with Crippen LogP contribution in [-0.4, -0.2) is 18.7 Å². The third-order valence-corrected chi connectivity index (χ3v) is 6.48. The number of ether oxygens (including phenoxy) is 3. The second-order valence-electron chi connectivity index (χ2n) is 9.42. The number of carbonyl (C=O) groups is 1. The summed E-state index contributed by atoms with van der Waals surface area (Å²) in [4.78, 5) is 12.6. The quantitative estimate of drug-likeness (QED) is 0.135. The number of hydrazone groups is 1. The van der Waals surface area contributed by atoms with E-state index in [1.165, 1.54) is 0 Å². The highest BCUT2D eigenvalue weighted by Crippen LogP contribution is 2.30. The summed E-state index contributed by atoms with van der Waals surface area (Å²) in [5.41, 5.74) is 6.39. The fourth-order valence-corrected chi connectivity index (χ4v) is 4.48. The minimum atomic E-state index is -0.186. The molecule has 1 amide bonds. The molecular weight excluding hydrogens is 512 g/mol. The number of carbonyl (C=O) groups excluding carboxylic acids is 1. The second kappa shape index (κ2) is 13.8. The molecule has 0 heterocycles. The first-order valence-electron chi connectivity index (χ1n) is 13.6. The van der Waals surface area contributed by atoms with Gasteiger partial charge < -0.3 is 14.2 Å². The van der Waals surface area contributed by atoms with Crippen LogP contribution in [0.25, 0.3) is 10.8 Å². The molecule has 206 valence electrons. The molecule has 5 aromatic carbocycles. The van der Waals surface area contributed by atoms with Gasteiger partial charge in [-0.2, -0.15) is 5.10 Å². The maximum Gasteiger partial charge on any atom is 0.244 e. The molecule has 6 heteroatoms. The lowest BCUT2D eigenvalue weighted by Gasteiger charge is -2.14. The number of hydrogen-bond acceptors (Lipinski definition) is 5. The minimum absolute atomic E-state index is 0.186. The van der Waals surface area contributed by atoms with E-state index in [-0.39, 0.29) is 12.3 Å². The molecule has 5 aromatic rings. The number of rotatable bonds is 12. The summed E-state index contributed by atoms with van der Waals surface area (Å²) in [6, 6.07) is 37.4. The zero-order chi connectivity index (χ0) is 28.3. The number of nitrogens with one attached hydrogen (secondary N) is 1. The van der Waals surface area contributed by atoms with Crippen LogP contribution in [0.2, 0.25) is 0 Å². The molecule has 0 bridgehead atoms. The van der Waals surface area contributed by atoms with Gasteiger partial charge in [-0.3, -0.25) is 4.79 Å². The Kier molecular flexibility index (Phi) is 9.25. The lowest BCUT2D eigenvalue weighted by atomic mass is 10.0. The predicted molar refractivity (Wildman–Crippen MR) is 163 cm³/mol. The van der Waals surface area contributed by atoms with Crippen molar-refractivity contribution in [1.29, 1.82) is 0 Å². The largest absolute Gasteiger partial charge is 0.490 e. The van der Waals surface area contributed by atoms with Gasteiger partial charge in [0.25, 0.3) is 0 Å². The standard InChI is InChI=1S/C35H32N2O4/c1-2-39-34-21-27(19-20-33(34)41-24-26-11-4-3-5-12-26)25-40-32-18-9-7-14-30(32)23-36-37-35(38)22-29-16-10-15-28-13-6-8-17-31(28)29/h3-21,23H,2,22,24-25H2,1H3,(H,37,38)/b36-23+. The van der Waals surface area contributed by atoms with E-state index in [4.69, 9.17) is 14.2 Å². The molecule has 0 unspecified atom stereocenters. The summed E-state index contributed by atoms with van der Waals surface area (Å²) in [6.07, 6.45) is 1.84. The van der Waals surface area contributed by atoms with Crippen LogP contribution in [0.4, 0.5) is 0 Å². The van der Waals surface area contributed by atoms with Gasteiger partial charge in [0, 0.05) is 5.56 Å². The van der Waals surface area contributed by atoms with Crippen LogP contribution in [0.5, 0.6) is 17.2 Å². The minimum Gasteiger partial charge on any atom is -0.490 e. The number of fused-ring (bicyclic) bond motifs is 1. The first-order chi connectivity index (χ1) is 20.2. The first-order valence-corrected chi connectivity index (χ1v) is 13.6. The molecule has 0 aromatic heterocycles. The van der Waals surface area contributed by atoms with Crippen molar-refractivity contribution in [3.63, 3.8) is 0 Å². The Morgan fingerprint density at radius 2 is 1.44 bits per heavy atom. The molecule has 1 N–H and O–H groups in total. The summed E-state index contributed by atoms with van der Waals surface area (Å²) in [5.74, 6) is 1.83. The number of hydrogen-bond donors (Lipinski definition) is 1. The molecule has 0 aliphatic carbocycles. The second-order valence-corrected chi connectivity index (χ2v) is 9.42. The Hall–Kier alpha value is -5.10. The van der Waals surface area contributed by atoms with Gasteiger partial charge in [0.2, 0.25) is 5.91 Å². The average Bonchev–Trinajstić information content (AvgIpc) is 3.01. The number of para-hydroxylation sites is 1. The molecule has 0 radical (unpaired) electrons. The molecule has 0 saturated heterocycles. The van der Waals surface area contributed by atoms with Crippen molar-refractivity contribution in [2.24, 2.45) is 5.10 Å². The topological polar surface area (TPSA) is 69.2 Å². The Labute approximate surface area is 240 Å². The number of benzene rings is 5. The van der Waals surface area contributed by atoms with E-state index in [1.807, 2.05) is 122 Å². The Morgan fingerprint density at radius 1 is 0.707 bits per heavy atom. The van der Waals surface area contributed by atoms with Crippen LogP contribution in [0.1, 0.15) is 29.2 Å². The van der Waals surface area contributed by atoms with Crippen molar-refractivity contribution < 1.29 is 19.0 Å². The van der Waals surface area contributed by atoms with E-state index in [0.717, 1.165) is 33.0 Å². The highest BCUT2D eigenvalue weighted by molar-refractivity contribution is 5.91. The third-order valence-electron chi connectivity index (χ3n) is 6.48. The SMILES string of the molecule is CCOc1cc(COc2ccccc2/C=N/NC(=O)Cc2cccc3ccccc23)ccc1OCc1ccccc1. The molecule has 0 aliphatic rings. The maximum absolute atomic E-state index is 12.6. The first kappa shape index (κ1) is 27.5. The summed E-state index contributed by atoms with van der Waals surface area (Å²) >= 11 is 0. The van der Waals surface area contributed by atoms with Gasteiger partial charge in [-0.05, 0) is 58.7 Å². The van der Waals surface area contributed by atoms with Crippen LogP contribution < -0.4 is 19.6 Å². The Bertz CT molecular complexity index is 1630. The van der Waals surface area contributed by atoms with Gasteiger partial charge in [-0.1, -0.05) is 91.0 Å². The average molecular weight is 545 g/mol. The predicted octanol–water partition coefficient (Wildman–Crippen LogP) is 7.09. The highest BCUT2D eigenvalue weighted by atomic mass is 16.5. The summed E-state index contributed by atoms with van der Waals surface area (Å²) < 4.78 is 18.0. The smallest absolute Gasteiger partial charge is 0.244 e. The van der Waals surface area contributed by atoms with Crippen molar-refractivity contribution in [3.8, 4) is 17.2 Å². The van der Waals surface area contributed by atoms with Crippen molar-refractivity contribution in [2.45, 2.75) is 26.6 Å². The van der Waals surface area contributed by atoms with Crippen LogP contribution in [0.15, 0.2) is 120 Å². The highest BCUT2D eigenvalue weighted by Gasteiger charge is 2.10. The molecule has 6 nitrogen and oxygen atoms in total. The van der Waals surface area contributed by atoms with Gasteiger partial charge in [0.15, 0.2) is 11.5 Å². The van der Waals surface area contributed by atoms with Crippen LogP contribution in [0, 0.1) is 0 Å². The summed E-state index contributed by atoms with van der Waals surface area (Å²) in [6.45, 7) is 3.26. The van der Waals surface area contributed by atoms with E-state index in [9.17, 15) is 4.79 Å². The summed E-state index contributed by atoms with van der Waals surface area (Å²) in [5, 5.41) is 6.36. The van der Waals surface area contributed by atoms with Gasteiger partial charge in [0.05, 0.1) is 19.2 Å². The van der Waals surface area contributed by atoms with Crippen molar-refractivity contribution in [2.75, 3.05) is 6.61 Å². The Morgan fingerprint density at radius 3 is 2.32 bits per heavy atom. The van der Waals surface area contributed by atoms with Crippen LogP contribution in [0.3, 0.4) is 0 Å². The normalized spacial score (nSPS) is 11.0. The monoisotopic (exact) mass is 544 g/mol. The summed E-state index contributed by atoms with van der Waals surface area (Å²) in [7, 11) is 0. The maximum atomic E-state index is 12.6. The lowest BCUT2D eigenvalue weighted by Crippen LogP contribution is -2.20. The molecule has 0 spiro atoms. The molecular formula is C35H32N2O4. The van der Waals surface area contributed by atoms with E-state index in [2.05, 4.69) is 10.5 Å². The van der Waals surface area contributed by atoms with Gasteiger partial charge in [-0.25, -0.2) is 5.43 Å². The third kappa shape index (κ3) is 7.51. The van der Waals surface area contributed by atoms with Crippen molar-refractivity contribution in [1.82, 2.24) is 5.43 Å². The van der Waals surface area contributed by atoms with Crippen LogP contribution >= 0.6 is 0 Å². The molecule has 0 aliphatic heterocycles. The number of nitrogens with zero attached hydrogens (tertiary/aromatic N) is 1. The Balaban J connectivity index is 1.20. The zero-order valence-corrected chi connectivity index (χ0v) is 23.0. The molecule has 0 atom stereocenters. The van der Waals surface area contributed by atoms with Crippen LogP contribution in [-0.2, 0) is 24.4 Å². The fourth-order valence-electron chi connectivity index (χ4n) is 4.48. The van der Waals surface area contributed by atoms with Gasteiger partial charge >= 0.3 is 0 Å². The number of amides is 1. The van der Waals surface area contributed by atoms with E-state index >= 15 is 0 Å². The van der Waals surface area contributed by atoms with E-state index in [1.54, 1.807) is 6.21 Å². The van der Waals surface area contributed by atoms with E-state index in [0.29, 0.717) is 37.1 Å². The molecule has 0 saturated carbocycles. The van der Waals surface area contributed by atoms with Crippen molar-refractivity contribution >= 4 is 22.9 Å². The molecule has 5 rings (SSSR count). The van der Waals surface area contributed by atoms with E-state index < -0.39 is 0 Å². The molecule has 0 fully saturated rings. The van der Waals surface area contributed by atoms with Crippen molar-refractivity contribution in [3.05, 3.63) is 138 Å². The van der Waals surface area contributed by atoms with Gasteiger partial charge in [-0.15, -0.1) is 0 Å². The lowest BCUT2D eigenvalue weighted by molar-refractivity contribution is -0.120.